The van der Waals surface area contributed by atoms with Gasteiger partial charge >= 0.3 is 0 Å². The second-order valence-corrected chi connectivity index (χ2v) is 6.69. The van der Waals surface area contributed by atoms with Gasteiger partial charge in [-0.3, -0.25) is 4.90 Å². The number of nitrogens with zero attached hydrogens (tertiary/aromatic N) is 2. The molecule has 3 rings (SSSR count). The van der Waals surface area contributed by atoms with Crippen LogP contribution in [0.15, 0.2) is 30.3 Å². The summed E-state index contributed by atoms with van der Waals surface area (Å²) >= 11 is 0. The highest BCUT2D eigenvalue weighted by atomic mass is 15.3. The molecular formula is C18H29N3. The van der Waals surface area contributed by atoms with E-state index in [1.165, 1.54) is 37.9 Å². The molecule has 1 aromatic rings. The maximum absolute atomic E-state index is 3.76. The summed E-state index contributed by atoms with van der Waals surface area (Å²) < 4.78 is 0. The van der Waals surface area contributed by atoms with Gasteiger partial charge in [0, 0.05) is 37.8 Å². The summed E-state index contributed by atoms with van der Waals surface area (Å²) in [5, 5.41) is 3.76. The third-order valence-corrected chi connectivity index (χ3v) is 5.20. The number of hydrogen-bond acceptors (Lipinski definition) is 3. The number of piperidine rings is 1. The average molecular weight is 287 g/mol. The molecule has 1 aromatic carbocycles. The first-order valence-electron chi connectivity index (χ1n) is 8.50. The van der Waals surface area contributed by atoms with Crippen LogP contribution in [0.4, 0.5) is 0 Å². The smallest absolute Gasteiger partial charge is 0.0450 e. The summed E-state index contributed by atoms with van der Waals surface area (Å²) in [4.78, 5) is 5.30. The third kappa shape index (κ3) is 3.47. The van der Waals surface area contributed by atoms with Gasteiger partial charge in [0.25, 0.3) is 0 Å². The van der Waals surface area contributed by atoms with Crippen molar-refractivity contribution in [3.63, 3.8) is 0 Å². The third-order valence-electron chi connectivity index (χ3n) is 5.20. The van der Waals surface area contributed by atoms with Crippen LogP contribution in [0.5, 0.6) is 0 Å². The summed E-state index contributed by atoms with van der Waals surface area (Å²) in [6, 6.07) is 12.9. The molecule has 0 aliphatic carbocycles. The normalized spacial score (nSPS) is 32.2. The molecule has 3 atom stereocenters. The fraction of sp³-hybridized carbons (Fsp3) is 0.667. The quantitative estimate of drug-likeness (QED) is 0.921. The van der Waals surface area contributed by atoms with Gasteiger partial charge in [0.1, 0.15) is 0 Å². The monoisotopic (exact) mass is 287 g/mol. The molecule has 0 radical (unpaired) electrons. The summed E-state index contributed by atoms with van der Waals surface area (Å²) in [6.07, 6.45) is 3.95. The average Bonchev–Trinajstić information content (AvgIpc) is 2.55. The van der Waals surface area contributed by atoms with Crippen LogP contribution in [-0.4, -0.2) is 55.1 Å². The van der Waals surface area contributed by atoms with Crippen molar-refractivity contribution in [3.8, 4) is 0 Å². The van der Waals surface area contributed by atoms with E-state index in [2.05, 4.69) is 59.4 Å². The second kappa shape index (κ2) is 6.91. The zero-order chi connectivity index (χ0) is 14.7. The van der Waals surface area contributed by atoms with E-state index in [0.29, 0.717) is 12.1 Å². The van der Waals surface area contributed by atoms with Crippen molar-refractivity contribution in [1.82, 2.24) is 15.1 Å². The molecule has 3 unspecified atom stereocenters. The van der Waals surface area contributed by atoms with Crippen LogP contribution in [0.25, 0.3) is 0 Å². The Morgan fingerprint density at radius 1 is 1.19 bits per heavy atom. The van der Waals surface area contributed by atoms with Gasteiger partial charge in [-0.1, -0.05) is 37.3 Å². The molecule has 21 heavy (non-hydrogen) atoms. The van der Waals surface area contributed by atoms with Gasteiger partial charge in [0.2, 0.25) is 0 Å². The Labute approximate surface area is 129 Å². The van der Waals surface area contributed by atoms with E-state index in [9.17, 15) is 0 Å². The summed E-state index contributed by atoms with van der Waals surface area (Å²) in [5.74, 6) is 0. The van der Waals surface area contributed by atoms with E-state index in [0.717, 1.165) is 19.1 Å². The predicted molar refractivity (Wildman–Crippen MR) is 88.5 cm³/mol. The van der Waals surface area contributed by atoms with E-state index >= 15 is 0 Å². The number of hydrogen-bond donors (Lipinski definition) is 1. The topological polar surface area (TPSA) is 18.5 Å². The first kappa shape index (κ1) is 15.0. The van der Waals surface area contributed by atoms with Gasteiger partial charge in [-0.05, 0) is 38.4 Å². The fourth-order valence-corrected chi connectivity index (χ4v) is 3.96. The number of likely N-dealkylation sites (N-methyl/N-ethyl adjacent to an activating group) is 1. The summed E-state index contributed by atoms with van der Waals surface area (Å²) in [7, 11) is 2.27. The highest BCUT2D eigenvalue weighted by molar-refractivity contribution is 5.20. The number of piperazine rings is 1. The fourth-order valence-electron chi connectivity index (χ4n) is 3.96. The first-order chi connectivity index (χ1) is 10.3. The van der Waals surface area contributed by atoms with Gasteiger partial charge < -0.3 is 10.2 Å². The highest BCUT2D eigenvalue weighted by Gasteiger charge is 2.33. The summed E-state index contributed by atoms with van der Waals surface area (Å²) in [5.41, 5.74) is 1.43. The molecule has 2 saturated heterocycles. The van der Waals surface area contributed by atoms with Crippen molar-refractivity contribution in [1.29, 1.82) is 0 Å². The van der Waals surface area contributed by atoms with Crippen LogP contribution in [0.2, 0.25) is 0 Å². The molecule has 2 aliphatic heterocycles. The molecule has 0 saturated carbocycles. The predicted octanol–water partition coefficient (Wildman–Crippen LogP) is 2.51. The number of likely N-dealkylation sites (tertiary alicyclic amines) is 1. The van der Waals surface area contributed by atoms with Crippen molar-refractivity contribution in [2.45, 2.75) is 44.3 Å². The SMILES string of the molecule is CCC1CNC(c2ccccc2)CN1C1CCCN(C)C1. The van der Waals surface area contributed by atoms with Gasteiger partial charge in [0.05, 0.1) is 0 Å². The molecule has 3 heteroatoms. The number of rotatable bonds is 3. The zero-order valence-electron chi connectivity index (χ0n) is 13.5. The van der Waals surface area contributed by atoms with Crippen molar-refractivity contribution in [2.24, 2.45) is 0 Å². The van der Waals surface area contributed by atoms with E-state index in [1.807, 2.05) is 0 Å². The molecule has 2 fully saturated rings. The molecule has 0 aromatic heterocycles. The lowest BCUT2D eigenvalue weighted by atomic mass is 9.95. The Kier molecular flexibility index (Phi) is 4.94. The van der Waals surface area contributed by atoms with E-state index in [1.54, 1.807) is 0 Å². The minimum atomic E-state index is 0.487. The maximum Gasteiger partial charge on any atom is 0.0450 e. The Morgan fingerprint density at radius 3 is 2.71 bits per heavy atom. The Morgan fingerprint density at radius 2 is 2.00 bits per heavy atom. The van der Waals surface area contributed by atoms with Crippen LogP contribution in [0.3, 0.4) is 0 Å². The molecule has 2 aliphatic rings. The number of nitrogens with one attached hydrogen (secondary N) is 1. The van der Waals surface area contributed by atoms with Crippen LogP contribution >= 0.6 is 0 Å². The van der Waals surface area contributed by atoms with Gasteiger partial charge in [-0.25, -0.2) is 0 Å². The molecule has 116 valence electrons. The molecule has 0 amide bonds. The molecular weight excluding hydrogens is 258 g/mol. The van der Waals surface area contributed by atoms with Gasteiger partial charge in [-0.15, -0.1) is 0 Å². The van der Waals surface area contributed by atoms with Crippen LogP contribution in [0.1, 0.15) is 37.8 Å². The largest absolute Gasteiger partial charge is 0.307 e. The van der Waals surface area contributed by atoms with Crippen LogP contribution in [-0.2, 0) is 0 Å². The Bertz CT molecular complexity index is 433. The first-order valence-corrected chi connectivity index (χ1v) is 8.50. The minimum Gasteiger partial charge on any atom is -0.307 e. The molecule has 1 N–H and O–H groups in total. The highest BCUT2D eigenvalue weighted by Crippen LogP contribution is 2.26. The van der Waals surface area contributed by atoms with Crippen LogP contribution < -0.4 is 5.32 Å². The van der Waals surface area contributed by atoms with Crippen molar-refractivity contribution < 1.29 is 0 Å². The van der Waals surface area contributed by atoms with E-state index < -0.39 is 0 Å². The molecule has 0 spiro atoms. The van der Waals surface area contributed by atoms with E-state index in [4.69, 9.17) is 0 Å². The lowest BCUT2D eigenvalue weighted by Crippen LogP contribution is -2.59. The second-order valence-electron chi connectivity index (χ2n) is 6.69. The maximum atomic E-state index is 3.76. The van der Waals surface area contributed by atoms with Gasteiger partial charge in [0.15, 0.2) is 0 Å². The zero-order valence-corrected chi connectivity index (χ0v) is 13.5. The molecule has 0 bridgehead atoms. The van der Waals surface area contributed by atoms with Gasteiger partial charge in [-0.2, -0.15) is 0 Å². The lowest BCUT2D eigenvalue weighted by Gasteiger charge is -2.47. The number of benzene rings is 1. The minimum absolute atomic E-state index is 0.487. The lowest BCUT2D eigenvalue weighted by molar-refractivity contribution is 0.0400. The standard InChI is InChI=1S/C18H29N3/c1-3-16-12-19-18(15-8-5-4-6-9-15)14-21(16)17-10-7-11-20(2)13-17/h4-6,8-9,16-19H,3,7,10-14H2,1-2H3. The van der Waals surface area contributed by atoms with Crippen LogP contribution in [0, 0.1) is 0 Å². The van der Waals surface area contributed by atoms with Crippen molar-refractivity contribution in [3.05, 3.63) is 35.9 Å². The summed E-state index contributed by atoms with van der Waals surface area (Å²) in [6.45, 7) is 7.10. The van der Waals surface area contributed by atoms with Crippen molar-refractivity contribution in [2.75, 3.05) is 33.2 Å². The van der Waals surface area contributed by atoms with E-state index in [-0.39, 0.29) is 0 Å². The Balaban J connectivity index is 1.72. The van der Waals surface area contributed by atoms with Crippen molar-refractivity contribution >= 4 is 0 Å². The molecule has 3 nitrogen and oxygen atoms in total. The Hall–Kier alpha value is -0.900. The molecule has 2 heterocycles.